The lowest BCUT2D eigenvalue weighted by Gasteiger charge is -2.06. The van der Waals surface area contributed by atoms with Crippen molar-refractivity contribution in [2.24, 2.45) is 0 Å². The summed E-state index contributed by atoms with van der Waals surface area (Å²) in [4.78, 5) is 11.5. The Balaban J connectivity index is 2.70. The number of hydrogen-bond donors (Lipinski definition) is 1. The van der Waals surface area contributed by atoms with Crippen molar-refractivity contribution in [1.29, 1.82) is 0 Å². The molecule has 0 atom stereocenters. The lowest BCUT2D eigenvalue weighted by Crippen LogP contribution is -2.29. The van der Waals surface area contributed by atoms with E-state index in [9.17, 15) is 13.2 Å². The Hall–Kier alpha value is -1.56. The first-order chi connectivity index (χ1) is 7.92. The molecule has 1 amide bonds. The molecule has 0 aliphatic heterocycles. The highest BCUT2D eigenvalue weighted by Crippen LogP contribution is 2.12. The van der Waals surface area contributed by atoms with Crippen LogP contribution in [-0.2, 0) is 10.0 Å². The molecule has 1 rings (SSSR count). The number of sulfonamides is 1. The molecule has 1 N–H and O–H groups in total. The fraction of sp³-hybridized carbons (Fsp3) is 0.364. The number of carbonyl (C=O) groups excluding carboxylic acids is 1. The Morgan fingerprint density at radius 3 is 2.35 bits per heavy atom. The smallest absolute Gasteiger partial charge is 0.264 e. The second-order valence-corrected chi connectivity index (χ2v) is 5.32. The van der Waals surface area contributed by atoms with Crippen molar-refractivity contribution in [3.63, 3.8) is 0 Å². The molecule has 0 heterocycles. The summed E-state index contributed by atoms with van der Waals surface area (Å²) >= 11 is 0. The lowest BCUT2D eigenvalue weighted by atomic mass is 10.2. The van der Waals surface area contributed by atoms with Gasteiger partial charge in [-0.1, -0.05) is 6.92 Å². The van der Waals surface area contributed by atoms with E-state index in [-0.39, 0.29) is 5.56 Å². The summed E-state index contributed by atoms with van der Waals surface area (Å²) in [6.45, 7) is 2.60. The zero-order valence-corrected chi connectivity index (χ0v) is 10.6. The Morgan fingerprint density at radius 1 is 1.29 bits per heavy atom. The van der Waals surface area contributed by atoms with Gasteiger partial charge in [0.2, 0.25) is 10.0 Å². The summed E-state index contributed by atoms with van der Waals surface area (Å²) in [5.74, 6) is 0.0114. The van der Waals surface area contributed by atoms with Gasteiger partial charge in [0, 0.05) is 5.56 Å². The minimum atomic E-state index is -3.53. The van der Waals surface area contributed by atoms with E-state index in [1.54, 1.807) is 12.1 Å². The van der Waals surface area contributed by atoms with E-state index >= 15 is 0 Å². The van der Waals surface area contributed by atoms with Crippen LogP contribution in [0.25, 0.3) is 0 Å². The van der Waals surface area contributed by atoms with Crippen LogP contribution >= 0.6 is 0 Å². The zero-order chi connectivity index (χ0) is 12.9. The number of ether oxygens (including phenoxy) is 1. The molecule has 0 spiro atoms. The molecule has 0 saturated carbocycles. The first-order valence-corrected chi connectivity index (χ1v) is 7.06. The second kappa shape index (κ2) is 5.67. The highest BCUT2D eigenvalue weighted by atomic mass is 32.2. The zero-order valence-electron chi connectivity index (χ0n) is 9.76. The van der Waals surface area contributed by atoms with Gasteiger partial charge in [-0.2, -0.15) is 0 Å². The van der Waals surface area contributed by atoms with Gasteiger partial charge in [-0.05, 0) is 30.7 Å². The van der Waals surface area contributed by atoms with Crippen LogP contribution in [0.3, 0.4) is 0 Å². The van der Waals surface area contributed by atoms with E-state index < -0.39 is 15.9 Å². The largest absolute Gasteiger partial charge is 0.494 e. The molecule has 94 valence electrons. The predicted molar refractivity (Wildman–Crippen MR) is 64.5 cm³/mol. The molecule has 0 fully saturated rings. The molecule has 1 aromatic carbocycles. The van der Waals surface area contributed by atoms with E-state index in [1.165, 1.54) is 12.1 Å². The van der Waals surface area contributed by atoms with Crippen LogP contribution in [0, 0.1) is 0 Å². The third kappa shape index (κ3) is 4.86. The predicted octanol–water partition coefficient (Wildman–Crippen LogP) is 1.16. The van der Waals surface area contributed by atoms with Crippen LogP contribution in [0.2, 0.25) is 0 Å². The van der Waals surface area contributed by atoms with Crippen LogP contribution in [0.1, 0.15) is 23.7 Å². The van der Waals surface area contributed by atoms with Crippen molar-refractivity contribution < 1.29 is 17.9 Å². The molecular formula is C11H15NO4S. The van der Waals surface area contributed by atoms with Crippen LogP contribution in [0.15, 0.2) is 24.3 Å². The number of rotatable bonds is 5. The SMILES string of the molecule is CCCOc1ccc(C(=O)NS(C)(=O)=O)cc1. The average Bonchev–Trinajstić information content (AvgIpc) is 2.24. The molecule has 5 nitrogen and oxygen atoms in total. The van der Waals surface area contributed by atoms with Crippen LogP contribution in [0.4, 0.5) is 0 Å². The van der Waals surface area contributed by atoms with Gasteiger partial charge in [0.05, 0.1) is 12.9 Å². The number of amides is 1. The maximum atomic E-state index is 11.5. The van der Waals surface area contributed by atoms with Crippen molar-refractivity contribution in [3.8, 4) is 5.75 Å². The van der Waals surface area contributed by atoms with E-state index in [0.717, 1.165) is 12.7 Å². The molecular weight excluding hydrogens is 242 g/mol. The van der Waals surface area contributed by atoms with E-state index in [4.69, 9.17) is 4.74 Å². The molecule has 0 aromatic heterocycles. The minimum absolute atomic E-state index is 0.277. The van der Waals surface area contributed by atoms with Gasteiger partial charge >= 0.3 is 0 Å². The van der Waals surface area contributed by atoms with Gasteiger partial charge in [-0.3, -0.25) is 4.79 Å². The van der Waals surface area contributed by atoms with Crippen molar-refractivity contribution in [3.05, 3.63) is 29.8 Å². The topological polar surface area (TPSA) is 72.5 Å². The van der Waals surface area contributed by atoms with Gasteiger partial charge in [0.15, 0.2) is 0 Å². The number of carbonyl (C=O) groups is 1. The Morgan fingerprint density at radius 2 is 1.88 bits per heavy atom. The van der Waals surface area contributed by atoms with Crippen LogP contribution in [-0.4, -0.2) is 27.2 Å². The molecule has 0 bridgehead atoms. The maximum Gasteiger partial charge on any atom is 0.264 e. The van der Waals surface area contributed by atoms with Crippen molar-refractivity contribution >= 4 is 15.9 Å². The molecule has 6 heteroatoms. The van der Waals surface area contributed by atoms with E-state index in [2.05, 4.69) is 0 Å². The standard InChI is InChI=1S/C11H15NO4S/c1-3-8-16-10-6-4-9(5-7-10)11(13)12-17(2,14)15/h4-7H,3,8H2,1-2H3,(H,12,13). The van der Waals surface area contributed by atoms with Crippen LogP contribution in [0.5, 0.6) is 5.75 Å². The quantitative estimate of drug-likeness (QED) is 0.859. The Labute approximate surface area is 101 Å². The van der Waals surface area contributed by atoms with Crippen molar-refractivity contribution in [2.45, 2.75) is 13.3 Å². The first kappa shape index (κ1) is 13.5. The molecule has 0 unspecified atom stereocenters. The Bertz CT molecular complexity index is 479. The maximum absolute atomic E-state index is 11.5. The molecule has 17 heavy (non-hydrogen) atoms. The van der Waals surface area contributed by atoms with Crippen LogP contribution < -0.4 is 9.46 Å². The Kier molecular flexibility index (Phi) is 4.51. The van der Waals surface area contributed by atoms with Gasteiger partial charge in [0.1, 0.15) is 5.75 Å². The highest BCUT2D eigenvalue weighted by molar-refractivity contribution is 7.89. The summed E-state index contributed by atoms with van der Waals surface area (Å²) in [5, 5.41) is 0. The summed E-state index contributed by atoms with van der Waals surface area (Å²) in [5.41, 5.74) is 0.277. The third-order valence-electron chi connectivity index (χ3n) is 1.87. The van der Waals surface area contributed by atoms with E-state index in [0.29, 0.717) is 12.4 Å². The fourth-order valence-electron chi connectivity index (χ4n) is 1.15. The van der Waals surface area contributed by atoms with Gasteiger partial charge in [0.25, 0.3) is 5.91 Å². The highest BCUT2D eigenvalue weighted by Gasteiger charge is 2.10. The van der Waals surface area contributed by atoms with E-state index in [1.807, 2.05) is 11.6 Å². The molecule has 1 aromatic rings. The van der Waals surface area contributed by atoms with Gasteiger partial charge in [-0.15, -0.1) is 0 Å². The summed E-state index contributed by atoms with van der Waals surface area (Å²) in [7, 11) is -3.53. The second-order valence-electron chi connectivity index (χ2n) is 3.58. The molecule has 0 aliphatic rings. The van der Waals surface area contributed by atoms with Gasteiger partial charge < -0.3 is 4.74 Å². The molecule has 0 aliphatic carbocycles. The minimum Gasteiger partial charge on any atom is -0.494 e. The van der Waals surface area contributed by atoms with Crippen molar-refractivity contribution in [2.75, 3.05) is 12.9 Å². The summed E-state index contributed by atoms with van der Waals surface area (Å²) in [6.07, 6.45) is 1.83. The summed E-state index contributed by atoms with van der Waals surface area (Å²) in [6, 6.07) is 6.30. The monoisotopic (exact) mass is 257 g/mol. The third-order valence-corrected chi connectivity index (χ3v) is 2.42. The first-order valence-electron chi connectivity index (χ1n) is 5.17. The molecule has 0 saturated heterocycles. The lowest BCUT2D eigenvalue weighted by molar-refractivity contribution is 0.0981. The fourth-order valence-corrected chi connectivity index (χ4v) is 1.60. The number of nitrogens with one attached hydrogen (secondary N) is 1. The summed E-state index contributed by atoms with van der Waals surface area (Å²) < 4.78 is 29.0. The number of hydrogen-bond acceptors (Lipinski definition) is 4. The average molecular weight is 257 g/mol. The van der Waals surface area contributed by atoms with Crippen molar-refractivity contribution in [1.82, 2.24) is 4.72 Å². The normalized spacial score (nSPS) is 10.9. The van der Waals surface area contributed by atoms with Gasteiger partial charge in [-0.25, -0.2) is 13.1 Å². The molecule has 0 radical (unpaired) electrons. The number of benzene rings is 1.